The molecule has 6 nitrogen and oxygen atoms in total. The van der Waals surface area contributed by atoms with Gasteiger partial charge in [-0.05, 0) is 48.6 Å². The molecule has 3 rings (SSSR count). The predicted octanol–water partition coefficient (Wildman–Crippen LogP) is 5.21. The molecular formula is C26H31N3O3S. The molecule has 33 heavy (non-hydrogen) atoms. The van der Waals surface area contributed by atoms with Crippen LogP contribution in [-0.2, 0) is 9.59 Å². The molecular weight excluding hydrogens is 434 g/mol. The summed E-state index contributed by atoms with van der Waals surface area (Å²) in [5, 5.41) is 2.97. The van der Waals surface area contributed by atoms with Crippen molar-refractivity contribution in [3.8, 4) is 5.75 Å². The van der Waals surface area contributed by atoms with Crippen LogP contribution in [0.25, 0.3) is 6.08 Å². The number of thioether (sulfide) groups is 1. The molecule has 1 atom stereocenters. The lowest BCUT2D eigenvalue weighted by molar-refractivity contribution is -0.120. The summed E-state index contributed by atoms with van der Waals surface area (Å²) in [6.07, 6.45) is 2.65. The van der Waals surface area contributed by atoms with Crippen molar-refractivity contribution in [3.63, 3.8) is 0 Å². The molecule has 2 aromatic carbocycles. The Morgan fingerprint density at radius 2 is 1.91 bits per heavy atom. The number of carbonyl (C=O) groups excluding carboxylic acids is 2. The quantitative estimate of drug-likeness (QED) is 0.543. The third kappa shape index (κ3) is 6.05. The summed E-state index contributed by atoms with van der Waals surface area (Å²) in [4.78, 5) is 32.0. The number of hydrogen-bond donors (Lipinski definition) is 1. The third-order valence-electron chi connectivity index (χ3n) is 5.25. The molecule has 174 valence electrons. The molecule has 1 heterocycles. The zero-order valence-electron chi connectivity index (χ0n) is 19.8. The lowest BCUT2D eigenvalue weighted by atomic mass is 10.0. The number of nitrogens with zero attached hydrogens (tertiary/aromatic N) is 2. The van der Waals surface area contributed by atoms with Crippen LogP contribution >= 0.6 is 11.8 Å². The van der Waals surface area contributed by atoms with E-state index in [2.05, 4.69) is 36.3 Å². The van der Waals surface area contributed by atoms with Gasteiger partial charge in [-0.15, -0.1) is 0 Å². The number of carbonyl (C=O) groups is 2. The summed E-state index contributed by atoms with van der Waals surface area (Å²) >= 11 is 1.27. The van der Waals surface area contributed by atoms with Crippen molar-refractivity contribution in [1.82, 2.24) is 5.32 Å². The van der Waals surface area contributed by atoms with Crippen LogP contribution in [0.2, 0.25) is 0 Å². The van der Waals surface area contributed by atoms with Gasteiger partial charge in [0.15, 0.2) is 5.17 Å². The van der Waals surface area contributed by atoms with Gasteiger partial charge in [0.2, 0.25) is 5.91 Å². The fourth-order valence-electron chi connectivity index (χ4n) is 3.29. The van der Waals surface area contributed by atoms with Crippen molar-refractivity contribution >= 4 is 40.5 Å². The molecule has 0 spiro atoms. The number of rotatable bonds is 8. The minimum absolute atomic E-state index is 0.0794. The van der Waals surface area contributed by atoms with E-state index in [4.69, 9.17) is 4.74 Å². The summed E-state index contributed by atoms with van der Waals surface area (Å²) < 4.78 is 5.34. The van der Waals surface area contributed by atoms with Crippen LogP contribution < -0.4 is 15.0 Å². The lowest BCUT2D eigenvalue weighted by Gasteiger charge is -2.20. The van der Waals surface area contributed by atoms with Gasteiger partial charge in [0.25, 0.3) is 5.91 Å². The van der Waals surface area contributed by atoms with Crippen molar-refractivity contribution < 1.29 is 14.3 Å². The Morgan fingerprint density at radius 3 is 2.55 bits per heavy atom. The lowest BCUT2D eigenvalue weighted by Crippen LogP contribution is -2.36. The molecule has 0 aliphatic carbocycles. The molecule has 1 aliphatic rings. The van der Waals surface area contributed by atoms with Crippen LogP contribution in [0, 0.1) is 0 Å². The smallest absolute Gasteiger partial charge is 0.283 e. The highest BCUT2D eigenvalue weighted by Gasteiger charge is 2.34. The van der Waals surface area contributed by atoms with Gasteiger partial charge < -0.3 is 10.1 Å². The second-order valence-electron chi connectivity index (χ2n) is 8.14. The highest BCUT2D eigenvalue weighted by Crippen LogP contribution is 2.33. The number of aliphatic imine (C=N–C) groups is 1. The zero-order valence-corrected chi connectivity index (χ0v) is 20.6. The van der Waals surface area contributed by atoms with Gasteiger partial charge in [0.05, 0.1) is 18.0 Å². The molecule has 0 fully saturated rings. The monoisotopic (exact) mass is 465 g/mol. The van der Waals surface area contributed by atoms with Gasteiger partial charge >= 0.3 is 0 Å². The maximum atomic E-state index is 13.4. The third-order valence-corrected chi connectivity index (χ3v) is 6.30. The summed E-state index contributed by atoms with van der Waals surface area (Å²) in [7, 11) is 1.58. The molecule has 0 saturated heterocycles. The SMILES string of the molecule is CCCNC(=O)C(C)SC1=N/C(=C\c2ccc(C(C)C)cc2)C(=O)N1c1cccc(OC)c1. The van der Waals surface area contributed by atoms with Gasteiger partial charge in [0, 0.05) is 12.6 Å². The Labute approximate surface area is 200 Å². The van der Waals surface area contributed by atoms with E-state index >= 15 is 0 Å². The molecule has 0 aromatic heterocycles. The number of methoxy groups -OCH3 is 1. The maximum Gasteiger partial charge on any atom is 0.283 e. The first kappa shape index (κ1) is 24.6. The Balaban J connectivity index is 1.94. The molecule has 1 aliphatic heterocycles. The van der Waals surface area contributed by atoms with Crippen LogP contribution in [0.3, 0.4) is 0 Å². The topological polar surface area (TPSA) is 71.0 Å². The van der Waals surface area contributed by atoms with E-state index in [-0.39, 0.29) is 11.8 Å². The van der Waals surface area contributed by atoms with Crippen LogP contribution in [0.15, 0.2) is 59.2 Å². The molecule has 7 heteroatoms. The number of amides is 2. The summed E-state index contributed by atoms with van der Waals surface area (Å²) in [6, 6.07) is 15.4. The van der Waals surface area contributed by atoms with E-state index in [0.717, 1.165) is 12.0 Å². The molecule has 1 N–H and O–H groups in total. The van der Waals surface area contributed by atoms with Gasteiger partial charge in [-0.3, -0.25) is 14.5 Å². The van der Waals surface area contributed by atoms with Crippen molar-refractivity contribution in [3.05, 3.63) is 65.4 Å². The Kier molecular flexibility index (Phi) is 8.33. The number of ether oxygens (including phenoxy) is 1. The minimum atomic E-state index is -0.402. The standard InChI is InChI=1S/C26H31N3O3S/c1-6-14-27-24(30)18(4)33-26-28-23(15-19-10-12-20(13-11-19)17(2)3)25(31)29(26)21-8-7-9-22(16-21)32-5/h7-13,15-18H,6,14H2,1-5H3,(H,27,30)/b23-15-. The minimum Gasteiger partial charge on any atom is -0.497 e. The van der Waals surface area contributed by atoms with Gasteiger partial charge in [-0.25, -0.2) is 4.99 Å². The fourth-order valence-corrected chi connectivity index (χ4v) is 4.24. The molecule has 1 unspecified atom stereocenters. The number of amidine groups is 1. The van der Waals surface area contributed by atoms with Crippen molar-refractivity contribution in [1.29, 1.82) is 0 Å². The van der Waals surface area contributed by atoms with Gasteiger partial charge in [-0.1, -0.05) is 62.9 Å². The first-order chi connectivity index (χ1) is 15.8. The number of benzene rings is 2. The van der Waals surface area contributed by atoms with E-state index in [0.29, 0.717) is 34.8 Å². The molecule has 2 aromatic rings. The Morgan fingerprint density at radius 1 is 1.18 bits per heavy atom. The summed E-state index contributed by atoms with van der Waals surface area (Å²) in [5.74, 6) is 0.758. The van der Waals surface area contributed by atoms with Crippen LogP contribution in [-0.4, -0.2) is 35.9 Å². The van der Waals surface area contributed by atoms with E-state index in [1.165, 1.54) is 17.3 Å². The summed E-state index contributed by atoms with van der Waals surface area (Å²) in [5.41, 5.74) is 3.11. The van der Waals surface area contributed by atoms with Crippen molar-refractivity contribution in [2.75, 3.05) is 18.6 Å². The Bertz CT molecular complexity index is 1060. The summed E-state index contributed by atoms with van der Waals surface area (Å²) in [6.45, 7) is 8.73. The molecule has 0 radical (unpaired) electrons. The second kappa shape index (κ2) is 11.2. The molecule has 0 saturated carbocycles. The fraction of sp³-hybridized carbons (Fsp3) is 0.346. The number of anilines is 1. The van der Waals surface area contributed by atoms with E-state index in [1.807, 2.05) is 44.2 Å². The molecule has 0 bridgehead atoms. The van der Waals surface area contributed by atoms with Crippen LogP contribution in [0.1, 0.15) is 51.2 Å². The first-order valence-electron chi connectivity index (χ1n) is 11.2. The normalized spacial score (nSPS) is 15.7. The first-order valence-corrected chi connectivity index (χ1v) is 12.0. The Hall–Kier alpha value is -3.06. The van der Waals surface area contributed by atoms with E-state index in [1.54, 1.807) is 24.2 Å². The van der Waals surface area contributed by atoms with Crippen LogP contribution in [0.4, 0.5) is 5.69 Å². The molecule has 2 amide bonds. The average Bonchev–Trinajstić information content (AvgIpc) is 3.11. The van der Waals surface area contributed by atoms with Crippen LogP contribution in [0.5, 0.6) is 5.75 Å². The van der Waals surface area contributed by atoms with Crippen molar-refractivity contribution in [2.24, 2.45) is 4.99 Å². The van der Waals surface area contributed by atoms with Gasteiger partial charge in [0.1, 0.15) is 11.4 Å². The van der Waals surface area contributed by atoms with Gasteiger partial charge in [-0.2, -0.15) is 0 Å². The van der Waals surface area contributed by atoms with Crippen molar-refractivity contribution in [2.45, 2.75) is 45.3 Å². The zero-order chi connectivity index (χ0) is 24.0. The second-order valence-corrected chi connectivity index (χ2v) is 9.45. The maximum absolute atomic E-state index is 13.4. The number of hydrogen-bond acceptors (Lipinski definition) is 5. The van der Waals surface area contributed by atoms with E-state index < -0.39 is 5.25 Å². The predicted molar refractivity (Wildman–Crippen MR) is 137 cm³/mol. The highest BCUT2D eigenvalue weighted by molar-refractivity contribution is 8.15. The number of nitrogens with one attached hydrogen (secondary N) is 1. The largest absolute Gasteiger partial charge is 0.497 e. The average molecular weight is 466 g/mol. The van der Waals surface area contributed by atoms with E-state index in [9.17, 15) is 9.59 Å². The highest BCUT2D eigenvalue weighted by atomic mass is 32.2.